The number of carbonyl (C=O) groups excluding carboxylic acids is 2. The Morgan fingerprint density at radius 1 is 1.00 bits per heavy atom. The zero-order chi connectivity index (χ0) is 29.2. The van der Waals surface area contributed by atoms with Crippen LogP contribution in [-0.4, -0.2) is 22.6 Å². The van der Waals surface area contributed by atoms with Crippen LogP contribution in [0.5, 0.6) is 11.5 Å². The largest absolute Gasteiger partial charge is 0.456 e. The van der Waals surface area contributed by atoms with Gasteiger partial charge in [-0.15, -0.1) is 0 Å². The van der Waals surface area contributed by atoms with Crippen LogP contribution in [0.25, 0.3) is 0 Å². The second-order valence-corrected chi connectivity index (χ2v) is 10.4. The maximum atomic E-state index is 14.0. The lowest BCUT2D eigenvalue weighted by Gasteiger charge is -2.20. The van der Waals surface area contributed by atoms with Crippen LogP contribution in [-0.2, 0) is 10.9 Å². The molecule has 2 amide bonds. The molecule has 0 spiro atoms. The minimum absolute atomic E-state index is 0.0439. The average molecular weight is 561 g/mol. The van der Waals surface area contributed by atoms with Crippen molar-refractivity contribution >= 4 is 23.5 Å². The van der Waals surface area contributed by atoms with E-state index in [4.69, 9.17) is 9.47 Å². The van der Waals surface area contributed by atoms with Gasteiger partial charge in [-0.25, -0.2) is 19.6 Å². The molecule has 1 aromatic heterocycles. The number of ether oxygens (including phenoxy) is 2. The number of carbonyl (C=O) groups is 2. The van der Waals surface area contributed by atoms with Gasteiger partial charge in [0.1, 0.15) is 28.7 Å². The van der Waals surface area contributed by atoms with Gasteiger partial charge in [0.2, 0.25) is 0 Å². The van der Waals surface area contributed by atoms with Crippen molar-refractivity contribution in [1.82, 2.24) is 10.4 Å². The van der Waals surface area contributed by atoms with Gasteiger partial charge in [0.05, 0.1) is 11.1 Å². The van der Waals surface area contributed by atoms with E-state index in [0.29, 0.717) is 18.4 Å². The first-order valence-electron chi connectivity index (χ1n) is 12.4. The number of hydrazine groups is 1. The average Bonchev–Trinajstić information content (AvgIpc) is 3.68. The molecule has 1 saturated carbocycles. The van der Waals surface area contributed by atoms with Crippen LogP contribution in [0.2, 0.25) is 0 Å². The quantitative estimate of drug-likeness (QED) is 0.207. The van der Waals surface area contributed by atoms with Crippen molar-refractivity contribution in [1.29, 1.82) is 0 Å². The molecule has 3 N–H and O–H groups in total. The number of nitrogens with zero attached hydrogens (tertiary/aromatic N) is 1. The van der Waals surface area contributed by atoms with E-state index in [9.17, 15) is 27.2 Å². The van der Waals surface area contributed by atoms with E-state index in [1.165, 1.54) is 36.5 Å². The maximum absolute atomic E-state index is 14.0. The first-order valence-corrected chi connectivity index (χ1v) is 12.4. The standard InChI is InChI=1S/C28H28F4N4O4/c1-15-11-17(29)7-8-22(15)39-23-14-19(16-5-6-16)21(28(30,31)32)13-20(23)25(37)34-18-9-10-33-24(12-18)35-36-26(38)40-27(2,3)4/h7-14,16H,5-6H2,1-4H3,(H,36,38)(H2,33,34,35,37). The molecule has 4 rings (SSSR count). The van der Waals surface area contributed by atoms with Crippen molar-refractivity contribution in [2.24, 2.45) is 0 Å². The molecule has 0 saturated heterocycles. The summed E-state index contributed by atoms with van der Waals surface area (Å²) in [6.45, 7) is 6.66. The van der Waals surface area contributed by atoms with E-state index in [1.54, 1.807) is 27.7 Å². The van der Waals surface area contributed by atoms with Gasteiger partial charge in [0.15, 0.2) is 0 Å². The minimum atomic E-state index is -4.70. The molecule has 1 aliphatic rings. The van der Waals surface area contributed by atoms with E-state index in [1.807, 2.05) is 0 Å². The summed E-state index contributed by atoms with van der Waals surface area (Å²) in [5.74, 6) is -1.45. The third kappa shape index (κ3) is 7.39. The van der Waals surface area contributed by atoms with Gasteiger partial charge in [-0.3, -0.25) is 10.2 Å². The van der Waals surface area contributed by atoms with Gasteiger partial charge in [-0.2, -0.15) is 13.2 Å². The number of anilines is 2. The van der Waals surface area contributed by atoms with Crippen LogP contribution in [0, 0.1) is 12.7 Å². The highest BCUT2D eigenvalue weighted by molar-refractivity contribution is 6.06. The number of pyridine rings is 1. The lowest BCUT2D eigenvalue weighted by molar-refractivity contribution is -0.138. The molecule has 2 aromatic carbocycles. The SMILES string of the molecule is Cc1cc(F)ccc1Oc1cc(C2CC2)c(C(F)(F)F)cc1C(=O)Nc1ccnc(NNC(=O)OC(C)(C)C)c1. The Kier molecular flexibility index (Phi) is 7.90. The fraction of sp³-hybridized carbons (Fsp3) is 0.321. The number of hydrogen-bond donors (Lipinski definition) is 3. The highest BCUT2D eigenvalue weighted by atomic mass is 19.4. The molecule has 3 aromatic rings. The number of aryl methyl sites for hydroxylation is 1. The molecular formula is C28H28F4N4O4. The van der Waals surface area contributed by atoms with Crippen LogP contribution >= 0.6 is 0 Å². The summed E-state index contributed by atoms with van der Waals surface area (Å²) < 4.78 is 66.6. The normalized spacial score (nSPS) is 13.4. The molecule has 1 heterocycles. The Balaban J connectivity index is 1.63. The fourth-order valence-electron chi connectivity index (χ4n) is 3.87. The molecule has 1 aliphatic carbocycles. The topological polar surface area (TPSA) is 102 Å². The third-order valence-electron chi connectivity index (χ3n) is 5.79. The number of nitrogens with one attached hydrogen (secondary N) is 3. The van der Waals surface area contributed by atoms with Crippen molar-refractivity contribution in [3.8, 4) is 11.5 Å². The number of benzene rings is 2. The number of hydrogen-bond acceptors (Lipinski definition) is 6. The zero-order valence-corrected chi connectivity index (χ0v) is 22.2. The Morgan fingerprint density at radius 2 is 1.73 bits per heavy atom. The van der Waals surface area contributed by atoms with Gasteiger partial charge in [0.25, 0.3) is 5.91 Å². The summed E-state index contributed by atoms with van der Waals surface area (Å²) in [6, 6.07) is 8.53. The highest BCUT2D eigenvalue weighted by Gasteiger charge is 2.40. The summed E-state index contributed by atoms with van der Waals surface area (Å²) in [5, 5.41) is 2.55. The third-order valence-corrected chi connectivity index (χ3v) is 5.79. The fourth-order valence-corrected chi connectivity index (χ4v) is 3.87. The summed E-state index contributed by atoms with van der Waals surface area (Å²) in [5.41, 5.74) is 3.46. The molecule has 40 heavy (non-hydrogen) atoms. The van der Waals surface area contributed by atoms with Crippen molar-refractivity contribution < 1.29 is 36.6 Å². The van der Waals surface area contributed by atoms with Gasteiger partial charge >= 0.3 is 12.3 Å². The molecular weight excluding hydrogens is 532 g/mol. The van der Waals surface area contributed by atoms with E-state index >= 15 is 0 Å². The molecule has 212 valence electrons. The van der Waals surface area contributed by atoms with Crippen molar-refractivity contribution in [2.45, 2.75) is 58.2 Å². The Labute approximate surface area is 228 Å². The van der Waals surface area contributed by atoms with Crippen LogP contribution < -0.4 is 20.9 Å². The monoisotopic (exact) mass is 560 g/mol. The number of alkyl halides is 3. The molecule has 0 radical (unpaired) electrons. The van der Waals surface area contributed by atoms with E-state index in [2.05, 4.69) is 21.2 Å². The second-order valence-electron chi connectivity index (χ2n) is 10.4. The zero-order valence-electron chi connectivity index (χ0n) is 22.2. The Hall–Kier alpha value is -4.35. The Morgan fingerprint density at radius 3 is 2.35 bits per heavy atom. The number of amides is 2. The van der Waals surface area contributed by atoms with Crippen LogP contribution in [0.15, 0.2) is 48.7 Å². The lowest BCUT2D eigenvalue weighted by atomic mass is 9.98. The first-order chi connectivity index (χ1) is 18.7. The van der Waals surface area contributed by atoms with Crippen LogP contribution in [0.1, 0.15) is 66.6 Å². The molecule has 0 aliphatic heterocycles. The smallest absolute Gasteiger partial charge is 0.426 e. The van der Waals surface area contributed by atoms with Crippen molar-refractivity contribution in [2.75, 3.05) is 10.7 Å². The highest BCUT2D eigenvalue weighted by Crippen LogP contribution is 2.48. The van der Waals surface area contributed by atoms with Gasteiger partial charge in [0, 0.05) is 18.0 Å². The predicted molar refractivity (Wildman–Crippen MR) is 140 cm³/mol. The molecule has 8 nitrogen and oxygen atoms in total. The van der Waals surface area contributed by atoms with Gasteiger partial charge in [-0.05, 0) is 94.0 Å². The van der Waals surface area contributed by atoms with Gasteiger partial charge < -0.3 is 14.8 Å². The molecule has 1 fully saturated rings. The molecule has 0 unspecified atom stereocenters. The number of aromatic nitrogens is 1. The van der Waals surface area contributed by atoms with E-state index < -0.39 is 35.2 Å². The summed E-state index contributed by atoms with van der Waals surface area (Å²) in [6.07, 6.45) is -2.96. The summed E-state index contributed by atoms with van der Waals surface area (Å²) in [7, 11) is 0. The first kappa shape index (κ1) is 28.7. The maximum Gasteiger partial charge on any atom is 0.426 e. The van der Waals surface area contributed by atoms with E-state index in [0.717, 1.165) is 12.1 Å². The summed E-state index contributed by atoms with van der Waals surface area (Å²) in [4.78, 5) is 29.2. The molecule has 0 bridgehead atoms. The minimum Gasteiger partial charge on any atom is -0.456 e. The molecule has 12 heteroatoms. The molecule has 0 atom stereocenters. The lowest BCUT2D eigenvalue weighted by Crippen LogP contribution is -2.36. The number of halogens is 4. The number of rotatable bonds is 7. The van der Waals surface area contributed by atoms with Gasteiger partial charge in [-0.1, -0.05) is 0 Å². The van der Waals surface area contributed by atoms with Crippen molar-refractivity contribution in [3.05, 3.63) is 76.7 Å². The van der Waals surface area contributed by atoms with E-state index in [-0.39, 0.29) is 40.0 Å². The Bertz CT molecular complexity index is 1430. The van der Waals surface area contributed by atoms with Crippen LogP contribution in [0.4, 0.5) is 33.9 Å². The second kappa shape index (κ2) is 11.0. The predicted octanol–water partition coefficient (Wildman–Crippen LogP) is 7.32. The summed E-state index contributed by atoms with van der Waals surface area (Å²) >= 11 is 0. The van der Waals surface area contributed by atoms with Crippen molar-refractivity contribution in [3.63, 3.8) is 0 Å². The van der Waals surface area contributed by atoms with Crippen LogP contribution in [0.3, 0.4) is 0 Å².